The summed E-state index contributed by atoms with van der Waals surface area (Å²) in [5.74, 6) is -1.14. The van der Waals surface area contributed by atoms with Gasteiger partial charge in [-0.1, -0.05) is 30.3 Å². The first-order valence-electron chi connectivity index (χ1n) is 7.38. The van der Waals surface area contributed by atoms with E-state index >= 15 is 0 Å². The molecule has 0 saturated heterocycles. The lowest BCUT2D eigenvalue weighted by molar-refractivity contribution is -0.129. The molecule has 1 aliphatic rings. The molecule has 0 fully saturated rings. The van der Waals surface area contributed by atoms with Gasteiger partial charge in [0.15, 0.2) is 11.5 Å². The molecule has 1 atom stereocenters. The molecule has 118 valence electrons. The molecule has 0 spiro atoms. The van der Waals surface area contributed by atoms with Crippen LogP contribution in [0.2, 0.25) is 0 Å². The summed E-state index contributed by atoms with van der Waals surface area (Å²) >= 11 is 0. The van der Waals surface area contributed by atoms with Gasteiger partial charge in [0.2, 0.25) is 0 Å². The normalized spacial score (nSPS) is 18.5. The Kier molecular flexibility index (Phi) is 4.98. The Bertz CT molecular complexity index is 593. The summed E-state index contributed by atoms with van der Waals surface area (Å²) in [5.41, 5.74) is 1.04. The summed E-state index contributed by atoms with van der Waals surface area (Å²) in [5, 5.41) is 10.1. The standard InChI is InChI=1S/C17H22N2O3/c1-12(20)14-15(13-8-5-4-6-9-13)19(17(22)16(14)21)11-7-10-18(2)3/h4-6,8-9,15,21H,7,10-11H2,1-3H3. The van der Waals surface area contributed by atoms with Crippen LogP contribution in [0.15, 0.2) is 41.7 Å². The molecule has 1 heterocycles. The van der Waals surface area contributed by atoms with Gasteiger partial charge in [-0.15, -0.1) is 0 Å². The van der Waals surface area contributed by atoms with Crippen LogP contribution in [0.3, 0.4) is 0 Å². The van der Waals surface area contributed by atoms with Crippen LogP contribution < -0.4 is 0 Å². The molecule has 0 bridgehead atoms. The molecule has 22 heavy (non-hydrogen) atoms. The monoisotopic (exact) mass is 302 g/mol. The van der Waals surface area contributed by atoms with E-state index in [1.807, 2.05) is 49.3 Å². The van der Waals surface area contributed by atoms with Crippen LogP contribution >= 0.6 is 0 Å². The summed E-state index contributed by atoms with van der Waals surface area (Å²) in [6.07, 6.45) is 0.778. The van der Waals surface area contributed by atoms with E-state index in [0.29, 0.717) is 6.54 Å². The van der Waals surface area contributed by atoms with Crippen LogP contribution in [-0.4, -0.2) is 53.8 Å². The number of Topliss-reactive ketones (excluding diaryl/α,β-unsaturated/α-hetero) is 1. The predicted octanol–water partition coefficient (Wildman–Crippen LogP) is 1.92. The molecule has 1 aromatic rings. The van der Waals surface area contributed by atoms with Gasteiger partial charge in [-0.2, -0.15) is 0 Å². The zero-order valence-corrected chi connectivity index (χ0v) is 13.2. The molecule has 5 heteroatoms. The molecule has 1 aromatic carbocycles. The molecule has 1 aliphatic heterocycles. The van der Waals surface area contributed by atoms with Gasteiger partial charge in [0.1, 0.15) is 0 Å². The van der Waals surface area contributed by atoms with E-state index in [0.717, 1.165) is 18.5 Å². The molecule has 0 radical (unpaired) electrons. The molecular formula is C17H22N2O3. The molecule has 1 unspecified atom stereocenters. The van der Waals surface area contributed by atoms with Crippen LogP contribution in [0.25, 0.3) is 0 Å². The Morgan fingerprint density at radius 1 is 1.27 bits per heavy atom. The molecule has 0 aromatic heterocycles. The summed E-state index contributed by atoms with van der Waals surface area (Å²) in [6, 6.07) is 8.87. The second-order valence-electron chi connectivity index (χ2n) is 5.79. The Labute approximate surface area is 130 Å². The zero-order chi connectivity index (χ0) is 16.3. The molecule has 1 N–H and O–H groups in total. The lowest BCUT2D eigenvalue weighted by atomic mass is 9.97. The van der Waals surface area contributed by atoms with Crippen LogP contribution in [0, 0.1) is 0 Å². The van der Waals surface area contributed by atoms with Crippen molar-refractivity contribution >= 4 is 11.7 Å². The van der Waals surface area contributed by atoms with Crippen molar-refractivity contribution in [2.24, 2.45) is 0 Å². The van der Waals surface area contributed by atoms with Gasteiger partial charge in [-0.25, -0.2) is 0 Å². The van der Waals surface area contributed by atoms with Gasteiger partial charge < -0.3 is 14.9 Å². The van der Waals surface area contributed by atoms with Crippen LogP contribution in [0.5, 0.6) is 0 Å². The number of benzene rings is 1. The fraction of sp³-hybridized carbons (Fsp3) is 0.412. The van der Waals surface area contributed by atoms with Gasteiger partial charge in [-0.3, -0.25) is 9.59 Å². The van der Waals surface area contributed by atoms with Crippen molar-refractivity contribution in [1.29, 1.82) is 0 Å². The second kappa shape index (κ2) is 6.75. The average Bonchev–Trinajstić information content (AvgIpc) is 2.72. The van der Waals surface area contributed by atoms with Crippen LogP contribution in [-0.2, 0) is 9.59 Å². The number of nitrogens with zero attached hydrogens (tertiary/aromatic N) is 2. The number of amides is 1. The fourth-order valence-corrected chi connectivity index (χ4v) is 2.78. The smallest absolute Gasteiger partial charge is 0.290 e. The first kappa shape index (κ1) is 16.2. The van der Waals surface area contributed by atoms with Crippen molar-refractivity contribution in [2.45, 2.75) is 19.4 Å². The fourth-order valence-electron chi connectivity index (χ4n) is 2.78. The van der Waals surface area contributed by atoms with Crippen LogP contribution in [0.4, 0.5) is 0 Å². The number of ketones is 1. The van der Waals surface area contributed by atoms with Gasteiger partial charge in [-0.05, 0) is 39.5 Å². The molecule has 2 rings (SSSR count). The van der Waals surface area contributed by atoms with Gasteiger partial charge in [0.25, 0.3) is 5.91 Å². The highest BCUT2D eigenvalue weighted by atomic mass is 16.3. The molecule has 5 nitrogen and oxygen atoms in total. The number of aliphatic hydroxyl groups is 1. The van der Waals surface area contributed by atoms with E-state index in [1.54, 1.807) is 4.90 Å². The van der Waals surface area contributed by atoms with E-state index in [4.69, 9.17) is 0 Å². The number of carbonyl (C=O) groups excluding carboxylic acids is 2. The summed E-state index contributed by atoms with van der Waals surface area (Å²) in [4.78, 5) is 27.9. The van der Waals surface area contributed by atoms with Crippen molar-refractivity contribution < 1.29 is 14.7 Å². The third-order valence-corrected chi connectivity index (χ3v) is 3.80. The highest BCUT2D eigenvalue weighted by Crippen LogP contribution is 2.37. The first-order valence-corrected chi connectivity index (χ1v) is 7.38. The van der Waals surface area contributed by atoms with E-state index in [9.17, 15) is 14.7 Å². The molecule has 0 saturated carbocycles. The lowest BCUT2D eigenvalue weighted by Crippen LogP contribution is -2.33. The molecular weight excluding hydrogens is 280 g/mol. The van der Waals surface area contributed by atoms with Crippen molar-refractivity contribution in [3.05, 3.63) is 47.2 Å². The number of aliphatic hydroxyl groups excluding tert-OH is 1. The maximum Gasteiger partial charge on any atom is 0.290 e. The van der Waals surface area contributed by atoms with Crippen molar-refractivity contribution in [1.82, 2.24) is 9.80 Å². The minimum atomic E-state index is -0.492. The Morgan fingerprint density at radius 2 is 1.91 bits per heavy atom. The van der Waals surface area contributed by atoms with E-state index in [-0.39, 0.29) is 11.4 Å². The number of hydrogen-bond acceptors (Lipinski definition) is 4. The molecule has 1 amide bonds. The Balaban J connectivity index is 2.32. The number of carbonyl (C=O) groups is 2. The van der Waals surface area contributed by atoms with Gasteiger partial charge in [0.05, 0.1) is 11.6 Å². The SMILES string of the molecule is CC(=O)C1=C(O)C(=O)N(CCCN(C)C)C1c1ccccc1. The highest BCUT2D eigenvalue weighted by molar-refractivity contribution is 6.08. The lowest BCUT2D eigenvalue weighted by Gasteiger charge is -2.27. The second-order valence-corrected chi connectivity index (χ2v) is 5.79. The third kappa shape index (κ3) is 3.20. The van der Waals surface area contributed by atoms with Crippen molar-refractivity contribution in [3.63, 3.8) is 0 Å². The number of hydrogen-bond donors (Lipinski definition) is 1. The minimum absolute atomic E-state index is 0.195. The summed E-state index contributed by atoms with van der Waals surface area (Å²) < 4.78 is 0. The van der Waals surface area contributed by atoms with E-state index in [2.05, 4.69) is 0 Å². The third-order valence-electron chi connectivity index (χ3n) is 3.80. The highest BCUT2D eigenvalue weighted by Gasteiger charge is 2.41. The maximum atomic E-state index is 12.3. The quantitative estimate of drug-likeness (QED) is 0.872. The average molecular weight is 302 g/mol. The predicted molar refractivity (Wildman–Crippen MR) is 84.4 cm³/mol. The van der Waals surface area contributed by atoms with Gasteiger partial charge >= 0.3 is 0 Å². The number of rotatable bonds is 6. The Morgan fingerprint density at radius 3 is 2.45 bits per heavy atom. The Hall–Kier alpha value is -2.14. The largest absolute Gasteiger partial charge is 0.503 e. The van der Waals surface area contributed by atoms with Gasteiger partial charge in [0, 0.05) is 6.54 Å². The molecule has 0 aliphatic carbocycles. The maximum absolute atomic E-state index is 12.3. The minimum Gasteiger partial charge on any atom is -0.503 e. The topological polar surface area (TPSA) is 60.9 Å². The summed E-state index contributed by atoms with van der Waals surface area (Å²) in [6.45, 7) is 2.72. The van der Waals surface area contributed by atoms with Crippen molar-refractivity contribution in [3.8, 4) is 0 Å². The zero-order valence-electron chi connectivity index (χ0n) is 13.2. The van der Waals surface area contributed by atoms with E-state index < -0.39 is 17.7 Å². The van der Waals surface area contributed by atoms with E-state index in [1.165, 1.54) is 6.92 Å². The first-order chi connectivity index (χ1) is 10.4. The summed E-state index contributed by atoms with van der Waals surface area (Å²) in [7, 11) is 3.94. The van der Waals surface area contributed by atoms with Crippen LogP contribution in [0.1, 0.15) is 24.9 Å². The van der Waals surface area contributed by atoms with Crippen molar-refractivity contribution in [2.75, 3.05) is 27.2 Å².